The van der Waals surface area contributed by atoms with Gasteiger partial charge in [-0.2, -0.15) is 0 Å². The second kappa shape index (κ2) is 11.7. The molecule has 0 unspecified atom stereocenters. The standard InChI is InChI=1S/C46H33N3/c1-30-14-6-7-18-35(30)43-31(2)15-12-22-39(43)46-47-40-23-10-8-19-37(40)45(48-46)33-28-26-32(27-29-33)36-21-13-25-42-44(36)38-20-9-11-24-41(38)49(42)34-16-4-3-5-17-34/h3-29H,1-2H3. The quantitative estimate of drug-likeness (QED) is 0.190. The van der Waals surface area contributed by atoms with Gasteiger partial charge in [-0.15, -0.1) is 0 Å². The summed E-state index contributed by atoms with van der Waals surface area (Å²) in [6.45, 7) is 4.34. The van der Waals surface area contributed by atoms with E-state index < -0.39 is 0 Å². The van der Waals surface area contributed by atoms with Crippen LogP contribution in [0.3, 0.4) is 0 Å². The molecule has 0 atom stereocenters. The third-order valence-electron chi connectivity index (χ3n) is 9.71. The van der Waals surface area contributed by atoms with E-state index in [4.69, 9.17) is 9.97 Å². The Labute approximate surface area is 285 Å². The predicted octanol–water partition coefficient (Wildman–Crippen LogP) is 12.0. The summed E-state index contributed by atoms with van der Waals surface area (Å²) in [5.74, 6) is 0.734. The predicted molar refractivity (Wildman–Crippen MR) is 205 cm³/mol. The highest BCUT2D eigenvalue weighted by molar-refractivity contribution is 6.15. The lowest BCUT2D eigenvalue weighted by Crippen LogP contribution is -1.98. The van der Waals surface area contributed by atoms with Gasteiger partial charge < -0.3 is 4.57 Å². The first-order chi connectivity index (χ1) is 24.2. The van der Waals surface area contributed by atoms with Crippen LogP contribution in [0.15, 0.2) is 164 Å². The molecule has 0 aliphatic heterocycles. The number of rotatable bonds is 5. The van der Waals surface area contributed by atoms with E-state index in [1.165, 1.54) is 55.2 Å². The molecule has 0 spiro atoms. The van der Waals surface area contributed by atoms with Crippen LogP contribution in [0.25, 0.3) is 83.3 Å². The molecular formula is C46H33N3. The fourth-order valence-electron chi connectivity index (χ4n) is 7.40. The highest BCUT2D eigenvalue weighted by atomic mass is 15.0. The van der Waals surface area contributed by atoms with Crippen LogP contribution in [0.4, 0.5) is 0 Å². The first kappa shape index (κ1) is 28.9. The van der Waals surface area contributed by atoms with E-state index in [0.717, 1.165) is 39.2 Å². The highest BCUT2D eigenvalue weighted by Crippen LogP contribution is 2.40. The smallest absolute Gasteiger partial charge is 0.161 e. The average Bonchev–Trinajstić information content (AvgIpc) is 3.50. The maximum atomic E-state index is 5.31. The van der Waals surface area contributed by atoms with Crippen LogP contribution in [0.1, 0.15) is 11.1 Å². The van der Waals surface area contributed by atoms with Gasteiger partial charge in [-0.3, -0.25) is 0 Å². The normalized spacial score (nSPS) is 11.5. The molecule has 3 nitrogen and oxygen atoms in total. The number of para-hydroxylation sites is 3. The van der Waals surface area contributed by atoms with E-state index in [9.17, 15) is 0 Å². The minimum absolute atomic E-state index is 0.734. The zero-order chi connectivity index (χ0) is 32.9. The van der Waals surface area contributed by atoms with Crippen molar-refractivity contribution < 1.29 is 0 Å². The first-order valence-electron chi connectivity index (χ1n) is 16.8. The van der Waals surface area contributed by atoms with Gasteiger partial charge >= 0.3 is 0 Å². The molecule has 9 rings (SSSR count). The lowest BCUT2D eigenvalue weighted by Gasteiger charge is -2.16. The van der Waals surface area contributed by atoms with Crippen LogP contribution in [0, 0.1) is 13.8 Å². The minimum atomic E-state index is 0.734. The fraction of sp³-hybridized carbons (Fsp3) is 0.0435. The van der Waals surface area contributed by atoms with Crippen LogP contribution < -0.4 is 0 Å². The van der Waals surface area contributed by atoms with Crippen molar-refractivity contribution in [3.8, 4) is 50.6 Å². The number of fused-ring (bicyclic) bond motifs is 4. The molecule has 2 aromatic heterocycles. The zero-order valence-electron chi connectivity index (χ0n) is 27.4. The topological polar surface area (TPSA) is 30.7 Å². The molecule has 9 aromatic rings. The Morgan fingerprint density at radius 1 is 0.429 bits per heavy atom. The van der Waals surface area contributed by atoms with Gasteiger partial charge in [0, 0.05) is 33.0 Å². The summed E-state index contributed by atoms with van der Waals surface area (Å²) in [7, 11) is 0. The molecular weight excluding hydrogens is 595 g/mol. The van der Waals surface area contributed by atoms with Crippen molar-refractivity contribution in [3.63, 3.8) is 0 Å². The van der Waals surface area contributed by atoms with Crippen molar-refractivity contribution in [3.05, 3.63) is 175 Å². The van der Waals surface area contributed by atoms with Gasteiger partial charge in [0.15, 0.2) is 5.82 Å². The lowest BCUT2D eigenvalue weighted by molar-refractivity contribution is 1.18. The fourth-order valence-corrected chi connectivity index (χ4v) is 7.40. The van der Waals surface area contributed by atoms with Gasteiger partial charge in [-0.05, 0) is 77.6 Å². The Bertz CT molecular complexity index is 2670. The maximum Gasteiger partial charge on any atom is 0.161 e. The number of nitrogens with zero attached hydrogens (tertiary/aromatic N) is 3. The van der Waals surface area contributed by atoms with Crippen molar-refractivity contribution in [2.24, 2.45) is 0 Å². The second-order valence-electron chi connectivity index (χ2n) is 12.7. The molecule has 0 aliphatic rings. The van der Waals surface area contributed by atoms with Gasteiger partial charge in [0.25, 0.3) is 0 Å². The molecule has 0 fully saturated rings. The second-order valence-corrected chi connectivity index (χ2v) is 12.7. The number of hydrogen-bond acceptors (Lipinski definition) is 2. The van der Waals surface area contributed by atoms with E-state index >= 15 is 0 Å². The van der Waals surface area contributed by atoms with Crippen molar-refractivity contribution in [1.82, 2.24) is 14.5 Å². The molecule has 7 aromatic carbocycles. The summed E-state index contributed by atoms with van der Waals surface area (Å²) in [4.78, 5) is 10.4. The molecule has 2 heterocycles. The molecule has 0 saturated heterocycles. The maximum absolute atomic E-state index is 5.31. The zero-order valence-corrected chi connectivity index (χ0v) is 27.4. The summed E-state index contributed by atoms with van der Waals surface area (Å²) in [5.41, 5.74) is 14.7. The molecule has 0 aliphatic carbocycles. The Hall–Kier alpha value is -6.32. The summed E-state index contributed by atoms with van der Waals surface area (Å²) in [6, 6.07) is 58.2. The van der Waals surface area contributed by atoms with Gasteiger partial charge in [0.05, 0.1) is 22.2 Å². The average molecular weight is 628 g/mol. The Kier molecular flexibility index (Phi) is 6.91. The van der Waals surface area contributed by atoms with Crippen LogP contribution in [0.5, 0.6) is 0 Å². The van der Waals surface area contributed by atoms with Crippen molar-refractivity contribution >= 4 is 32.7 Å². The lowest BCUT2D eigenvalue weighted by atomic mass is 9.91. The third-order valence-corrected chi connectivity index (χ3v) is 9.71. The van der Waals surface area contributed by atoms with Crippen LogP contribution >= 0.6 is 0 Å². The summed E-state index contributed by atoms with van der Waals surface area (Å²) >= 11 is 0. The monoisotopic (exact) mass is 627 g/mol. The molecule has 0 N–H and O–H groups in total. The number of benzene rings is 7. The third kappa shape index (κ3) is 4.82. The van der Waals surface area contributed by atoms with E-state index in [0.29, 0.717) is 0 Å². The Balaban J connectivity index is 1.20. The van der Waals surface area contributed by atoms with Crippen molar-refractivity contribution in [2.45, 2.75) is 13.8 Å². The number of hydrogen-bond donors (Lipinski definition) is 0. The van der Waals surface area contributed by atoms with Crippen molar-refractivity contribution in [1.29, 1.82) is 0 Å². The molecule has 49 heavy (non-hydrogen) atoms. The van der Waals surface area contributed by atoms with E-state index in [2.05, 4.69) is 182 Å². The van der Waals surface area contributed by atoms with E-state index in [1.807, 2.05) is 0 Å². The SMILES string of the molecule is Cc1ccccc1-c1c(C)cccc1-c1nc(-c2ccc(-c3cccc4c3c3ccccc3n4-c3ccccc3)cc2)c2ccccc2n1. The Morgan fingerprint density at radius 3 is 1.88 bits per heavy atom. The highest BCUT2D eigenvalue weighted by Gasteiger charge is 2.19. The largest absolute Gasteiger partial charge is 0.309 e. The van der Waals surface area contributed by atoms with Gasteiger partial charge in [-0.1, -0.05) is 133 Å². The Morgan fingerprint density at radius 2 is 1.04 bits per heavy atom. The summed E-state index contributed by atoms with van der Waals surface area (Å²) in [6.07, 6.45) is 0. The van der Waals surface area contributed by atoms with Crippen LogP contribution in [0.2, 0.25) is 0 Å². The van der Waals surface area contributed by atoms with Gasteiger partial charge in [0.1, 0.15) is 0 Å². The molecule has 0 saturated carbocycles. The van der Waals surface area contributed by atoms with Crippen LogP contribution in [-0.2, 0) is 0 Å². The number of aryl methyl sites for hydroxylation is 2. The van der Waals surface area contributed by atoms with Crippen molar-refractivity contribution in [2.75, 3.05) is 0 Å². The summed E-state index contributed by atoms with van der Waals surface area (Å²) in [5, 5.41) is 3.54. The molecule has 232 valence electrons. The molecule has 0 radical (unpaired) electrons. The van der Waals surface area contributed by atoms with E-state index in [-0.39, 0.29) is 0 Å². The van der Waals surface area contributed by atoms with Crippen LogP contribution in [-0.4, -0.2) is 14.5 Å². The number of aromatic nitrogens is 3. The first-order valence-corrected chi connectivity index (χ1v) is 16.8. The van der Waals surface area contributed by atoms with E-state index in [1.54, 1.807) is 0 Å². The molecule has 0 amide bonds. The van der Waals surface area contributed by atoms with Gasteiger partial charge in [-0.25, -0.2) is 9.97 Å². The summed E-state index contributed by atoms with van der Waals surface area (Å²) < 4.78 is 2.37. The molecule has 3 heteroatoms. The minimum Gasteiger partial charge on any atom is -0.309 e. The van der Waals surface area contributed by atoms with Gasteiger partial charge in [0.2, 0.25) is 0 Å². The molecule has 0 bridgehead atoms.